The SMILES string of the molecule is Cc1cccc(NC(=O)CN2C(=O)CC(c3ccco3)S(=O)(=O)c3ccccc32)c1C. The van der Waals surface area contributed by atoms with E-state index < -0.39 is 26.9 Å². The van der Waals surface area contributed by atoms with Crippen LogP contribution in [0.25, 0.3) is 0 Å². The minimum atomic E-state index is -3.90. The first-order valence-corrected chi connectivity index (χ1v) is 11.4. The largest absolute Gasteiger partial charge is 0.468 e. The maximum absolute atomic E-state index is 13.3. The highest BCUT2D eigenvalue weighted by molar-refractivity contribution is 7.91. The molecule has 3 aromatic rings. The molecule has 160 valence electrons. The van der Waals surface area contributed by atoms with Crippen LogP contribution in [-0.2, 0) is 19.4 Å². The van der Waals surface area contributed by atoms with Gasteiger partial charge in [-0.2, -0.15) is 0 Å². The molecule has 2 heterocycles. The van der Waals surface area contributed by atoms with Gasteiger partial charge < -0.3 is 14.6 Å². The Bertz CT molecular complexity index is 1250. The number of benzene rings is 2. The number of furan rings is 1. The summed E-state index contributed by atoms with van der Waals surface area (Å²) in [6.45, 7) is 3.54. The van der Waals surface area contributed by atoms with Gasteiger partial charge >= 0.3 is 0 Å². The van der Waals surface area contributed by atoms with Gasteiger partial charge in [0, 0.05) is 5.69 Å². The molecule has 31 heavy (non-hydrogen) atoms. The van der Waals surface area contributed by atoms with Gasteiger partial charge in [0.25, 0.3) is 0 Å². The molecule has 0 spiro atoms. The molecule has 1 aliphatic heterocycles. The summed E-state index contributed by atoms with van der Waals surface area (Å²) in [5, 5.41) is 1.68. The Kier molecular flexibility index (Phi) is 5.41. The van der Waals surface area contributed by atoms with Crippen molar-refractivity contribution < 1.29 is 22.4 Å². The van der Waals surface area contributed by atoms with Crippen LogP contribution < -0.4 is 10.2 Å². The summed E-state index contributed by atoms with van der Waals surface area (Å²) < 4.78 is 32.0. The van der Waals surface area contributed by atoms with Crippen molar-refractivity contribution in [3.8, 4) is 0 Å². The Morgan fingerprint density at radius 1 is 1.10 bits per heavy atom. The molecule has 1 atom stereocenters. The molecule has 4 rings (SSSR count). The highest BCUT2D eigenvalue weighted by atomic mass is 32.2. The van der Waals surface area contributed by atoms with Gasteiger partial charge in [0.2, 0.25) is 11.8 Å². The molecule has 0 saturated carbocycles. The van der Waals surface area contributed by atoms with E-state index in [1.807, 2.05) is 26.0 Å². The number of amides is 2. The van der Waals surface area contributed by atoms with E-state index in [0.29, 0.717) is 5.69 Å². The minimum absolute atomic E-state index is 0.00165. The van der Waals surface area contributed by atoms with Gasteiger partial charge in [0.15, 0.2) is 9.84 Å². The van der Waals surface area contributed by atoms with Crippen molar-refractivity contribution in [1.82, 2.24) is 0 Å². The number of aryl methyl sites for hydroxylation is 1. The molecule has 0 aliphatic carbocycles. The molecular formula is C23H22N2O5S. The molecule has 8 heteroatoms. The van der Waals surface area contributed by atoms with Crippen LogP contribution in [0.1, 0.15) is 28.6 Å². The van der Waals surface area contributed by atoms with E-state index in [9.17, 15) is 18.0 Å². The second-order valence-electron chi connectivity index (χ2n) is 7.50. The fourth-order valence-electron chi connectivity index (χ4n) is 3.71. The summed E-state index contributed by atoms with van der Waals surface area (Å²) >= 11 is 0. The Hall–Kier alpha value is -3.39. The number of rotatable bonds is 4. The zero-order valence-corrected chi connectivity index (χ0v) is 18.0. The molecule has 1 N–H and O–H groups in total. The predicted octanol–water partition coefficient (Wildman–Crippen LogP) is 3.79. The zero-order valence-electron chi connectivity index (χ0n) is 17.2. The lowest BCUT2D eigenvalue weighted by molar-refractivity contribution is -0.121. The monoisotopic (exact) mass is 438 g/mol. The van der Waals surface area contributed by atoms with Gasteiger partial charge in [0.05, 0.1) is 23.3 Å². The number of hydrogen-bond donors (Lipinski definition) is 1. The maximum Gasteiger partial charge on any atom is 0.244 e. The number of hydrogen-bond acceptors (Lipinski definition) is 5. The van der Waals surface area contributed by atoms with E-state index in [4.69, 9.17) is 4.42 Å². The maximum atomic E-state index is 13.3. The number of sulfone groups is 1. The number of anilines is 2. The van der Waals surface area contributed by atoms with Gasteiger partial charge in [-0.05, 0) is 55.3 Å². The standard InChI is InChI=1S/C23H22N2O5S/c1-15-7-5-8-17(16(15)2)24-22(26)14-25-18-9-3-4-11-20(18)31(28,29)21(13-23(25)27)19-10-6-12-30-19/h3-12,21H,13-14H2,1-2H3,(H,24,26). The summed E-state index contributed by atoms with van der Waals surface area (Å²) in [6.07, 6.45) is 1.06. The second-order valence-corrected chi connectivity index (χ2v) is 9.60. The highest BCUT2D eigenvalue weighted by Crippen LogP contribution is 2.40. The quantitative estimate of drug-likeness (QED) is 0.669. The van der Waals surface area contributed by atoms with E-state index in [2.05, 4.69) is 5.32 Å². The van der Waals surface area contributed by atoms with Crippen molar-refractivity contribution in [3.63, 3.8) is 0 Å². The topological polar surface area (TPSA) is 96.7 Å². The van der Waals surface area contributed by atoms with Crippen molar-refractivity contribution in [2.75, 3.05) is 16.8 Å². The van der Waals surface area contributed by atoms with Crippen LogP contribution in [0.3, 0.4) is 0 Å². The third-order valence-electron chi connectivity index (χ3n) is 5.54. The molecule has 1 aromatic heterocycles. The molecule has 7 nitrogen and oxygen atoms in total. The van der Waals surface area contributed by atoms with Crippen LogP contribution in [0, 0.1) is 13.8 Å². The fraction of sp³-hybridized carbons (Fsp3) is 0.217. The van der Waals surface area contributed by atoms with Gasteiger partial charge in [-0.3, -0.25) is 9.59 Å². The number of carbonyl (C=O) groups is 2. The Labute approximate surface area is 180 Å². The van der Waals surface area contributed by atoms with Crippen LogP contribution in [-0.4, -0.2) is 26.8 Å². The van der Waals surface area contributed by atoms with Crippen LogP contribution in [0.5, 0.6) is 0 Å². The number of nitrogens with one attached hydrogen (secondary N) is 1. The van der Waals surface area contributed by atoms with Crippen LogP contribution >= 0.6 is 0 Å². The van der Waals surface area contributed by atoms with Gasteiger partial charge in [-0.1, -0.05) is 24.3 Å². The van der Waals surface area contributed by atoms with Gasteiger partial charge in [0.1, 0.15) is 17.6 Å². The van der Waals surface area contributed by atoms with Crippen molar-refractivity contribution in [1.29, 1.82) is 0 Å². The lowest BCUT2D eigenvalue weighted by Crippen LogP contribution is -2.38. The number of carbonyl (C=O) groups excluding carboxylic acids is 2. The lowest BCUT2D eigenvalue weighted by Gasteiger charge is -2.22. The van der Waals surface area contributed by atoms with Crippen molar-refractivity contribution in [3.05, 3.63) is 77.7 Å². The first-order valence-electron chi connectivity index (χ1n) is 9.82. The Balaban J connectivity index is 1.69. The van der Waals surface area contributed by atoms with Crippen LogP contribution in [0.15, 0.2) is 70.2 Å². The van der Waals surface area contributed by atoms with E-state index in [1.54, 1.807) is 36.4 Å². The molecule has 0 bridgehead atoms. The fourth-order valence-corrected chi connectivity index (χ4v) is 5.55. The predicted molar refractivity (Wildman–Crippen MR) is 117 cm³/mol. The second kappa shape index (κ2) is 8.03. The third-order valence-corrected chi connectivity index (χ3v) is 7.65. The summed E-state index contributed by atoms with van der Waals surface area (Å²) in [5.41, 5.74) is 2.81. The van der Waals surface area contributed by atoms with Gasteiger partial charge in [-0.15, -0.1) is 0 Å². The number of nitrogens with zero attached hydrogens (tertiary/aromatic N) is 1. The molecule has 0 fully saturated rings. The lowest BCUT2D eigenvalue weighted by atomic mass is 10.1. The van der Waals surface area contributed by atoms with Crippen LogP contribution in [0.4, 0.5) is 11.4 Å². The average molecular weight is 439 g/mol. The first kappa shape index (κ1) is 20.9. The summed E-state index contributed by atoms with van der Waals surface area (Å²) in [7, 11) is -3.90. The Morgan fingerprint density at radius 3 is 2.61 bits per heavy atom. The van der Waals surface area contributed by atoms with E-state index >= 15 is 0 Å². The summed E-state index contributed by atoms with van der Waals surface area (Å²) in [5.74, 6) is -0.679. The normalized spacial score (nSPS) is 17.7. The first-order chi connectivity index (χ1) is 14.8. The van der Waals surface area contributed by atoms with Crippen molar-refractivity contribution >= 4 is 33.0 Å². The number of fused-ring (bicyclic) bond motifs is 1. The van der Waals surface area contributed by atoms with E-state index in [0.717, 1.165) is 11.1 Å². The zero-order chi connectivity index (χ0) is 22.2. The summed E-state index contributed by atoms with van der Waals surface area (Å²) in [6, 6.07) is 14.9. The molecule has 2 amide bonds. The third kappa shape index (κ3) is 3.86. The number of para-hydroxylation sites is 1. The summed E-state index contributed by atoms with van der Waals surface area (Å²) in [4.78, 5) is 27.2. The molecular weight excluding hydrogens is 416 g/mol. The van der Waals surface area contributed by atoms with E-state index in [1.165, 1.54) is 17.2 Å². The minimum Gasteiger partial charge on any atom is -0.468 e. The molecule has 0 radical (unpaired) electrons. The average Bonchev–Trinajstić information content (AvgIpc) is 3.25. The molecule has 0 saturated heterocycles. The Morgan fingerprint density at radius 2 is 1.87 bits per heavy atom. The van der Waals surface area contributed by atoms with Gasteiger partial charge in [-0.25, -0.2) is 8.42 Å². The smallest absolute Gasteiger partial charge is 0.244 e. The molecule has 2 aromatic carbocycles. The molecule has 1 aliphatic rings. The van der Waals surface area contributed by atoms with Crippen molar-refractivity contribution in [2.45, 2.75) is 30.4 Å². The highest BCUT2D eigenvalue weighted by Gasteiger charge is 2.41. The molecule has 1 unspecified atom stereocenters. The van der Waals surface area contributed by atoms with Crippen LogP contribution in [0.2, 0.25) is 0 Å². The van der Waals surface area contributed by atoms with E-state index in [-0.39, 0.29) is 29.3 Å². The van der Waals surface area contributed by atoms with Crippen molar-refractivity contribution in [2.24, 2.45) is 0 Å².